The fourth-order valence-electron chi connectivity index (χ4n) is 1.66. The van der Waals surface area contributed by atoms with Gasteiger partial charge in [-0.3, -0.25) is 20.2 Å². The highest BCUT2D eigenvalue weighted by atomic mass is 16.6. The number of hydrogen-bond acceptors (Lipinski definition) is 6. The molecular formula is C14H14N2O6. The van der Waals surface area contributed by atoms with Crippen LogP contribution in [0.2, 0.25) is 0 Å². The SMILES string of the molecule is Cc1ccc(O)c([N+](=O)[O-])c1.Cc1cccc(O)c1[N+](=O)[O-]. The topological polar surface area (TPSA) is 127 Å². The Morgan fingerprint density at radius 3 is 1.95 bits per heavy atom. The van der Waals surface area contributed by atoms with E-state index in [1.165, 1.54) is 18.2 Å². The third-order valence-electron chi connectivity index (χ3n) is 2.73. The lowest BCUT2D eigenvalue weighted by Gasteiger charge is -1.97. The van der Waals surface area contributed by atoms with Crippen molar-refractivity contribution in [2.75, 3.05) is 0 Å². The molecule has 0 spiro atoms. The normalized spacial score (nSPS) is 9.55. The van der Waals surface area contributed by atoms with Crippen LogP contribution in [0.4, 0.5) is 11.4 Å². The number of rotatable bonds is 2. The van der Waals surface area contributed by atoms with Crippen LogP contribution in [0.1, 0.15) is 11.1 Å². The highest BCUT2D eigenvalue weighted by Gasteiger charge is 2.14. The Morgan fingerprint density at radius 2 is 1.55 bits per heavy atom. The van der Waals surface area contributed by atoms with Crippen molar-refractivity contribution in [3.63, 3.8) is 0 Å². The summed E-state index contributed by atoms with van der Waals surface area (Å²) < 4.78 is 0. The van der Waals surface area contributed by atoms with E-state index in [0.717, 1.165) is 5.56 Å². The monoisotopic (exact) mass is 306 g/mol. The second-order valence-electron chi connectivity index (χ2n) is 4.45. The second-order valence-corrected chi connectivity index (χ2v) is 4.45. The fourth-order valence-corrected chi connectivity index (χ4v) is 1.66. The average molecular weight is 306 g/mol. The van der Waals surface area contributed by atoms with Crippen LogP contribution in [0.3, 0.4) is 0 Å². The first-order valence-corrected chi connectivity index (χ1v) is 6.11. The third kappa shape index (κ3) is 4.17. The van der Waals surface area contributed by atoms with E-state index in [-0.39, 0.29) is 22.9 Å². The predicted molar refractivity (Wildman–Crippen MR) is 79.0 cm³/mol. The molecule has 0 saturated heterocycles. The molecule has 0 unspecified atom stereocenters. The summed E-state index contributed by atoms with van der Waals surface area (Å²) in [6, 6.07) is 8.70. The number of nitrogens with zero attached hydrogens (tertiary/aromatic N) is 2. The maximum atomic E-state index is 10.3. The van der Waals surface area contributed by atoms with Gasteiger partial charge in [0, 0.05) is 11.6 Å². The summed E-state index contributed by atoms with van der Waals surface area (Å²) in [6.45, 7) is 3.31. The van der Waals surface area contributed by atoms with Gasteiger partial charge in [-0.2, -0.15) is 0 Å². The van der Waals surface area contributed by atoms with E-state index in [0.29, 0.717) is 5.56 Å². The lowest BCUT2D eigenvalue weighted by molar-refractivity contribution is -0.386. The number of hydrogen-bond donors (Lipinski definition) is 2. The molecule has 0 aromatic heterocycles. The summed E-state index contributed by atoms with van der Waals surface area (Å²) in [5.41, 5.74) is 0.766. The smallest absolute Gasteiger partial charge is 0.313 e. The van der Waals surface area contributed by atoms with Gasteiger partial charge in [-0.25, -0.2) is 0 Å². The van der Waals surface area contributed by atoms with Gasteiger partial charge in [-0.15, -0.1) is 0 Å². The van der Waals surface area contributed by atoms with Gasteiger partial charge in [0.15, 0.2) is 11.5 Å². The average Bonchev–Trinajstić information content (AvgIpc) is 2.41. The zero-order chi connectivity index (χ0) is 16.9. The summed E-state index contributed by atoms with van der Waals surface area (Å²) in [6.07, 6.45) is 0. The molecule has 8 nitrogen and oxygen atoms in total. The van der Waals surface area contributed by atoms with Crippen LogP contribution in [-0.2, 0) is 0 Å². The first kappa shape index (κ1) is 16.9. The minimum absolute atomic E-state index is 0.215. The zero-order valence-corrected chi connectivity index (χ0v) is 11.9. The molecule has 0 saturated carbocycles. The van der Waals surface area contributed by atoms with Gasteiger partial charge < -0.3 is 10.2 Å². The quantitative estimate of drug-likeness (QED) is 0.647. The molecule has 2 rings (SSSR count). The fraction of sp³-hybridized carbons (Fsp3) is 0.143. The Bertz CT molecular complexity index is 694. The number of benzene rings is 2. The molecule has 0 aliphatic rings. The van der Waals surface area contributed by atoms with E-state index in [2.05, 4.69) is 0 Å². The van der Waals surface area contributed by atoms with Gasteiger partial charge >= 0.3 is 11.4 Å². The Hall–Kier alpha value is -3.16. The second kappa shape index (κ2) is 7.02. The molecule has 0 bridgehead atoms. The maximum absolute atomic E-state index is 10.3. The molecule has 0 aliphatic carbocycles. The predicted octanol–water partition coefficient (Wildman–Crippen LogP) is 3.22. The van der Waals surface area contributed by atoms with Gasteiger partial charge in [-0.1, -0.05) is 18.2 Å². The van der Waals surface area contributed by atoms with Crippen molar-refractivity contribution in [2.45, 2.75) is 13.8 Å². The van der Waals surface area contributed by atoms with Crippen molar-refractivity contribution < 1.29 is 20.1 Å². The highest BCUT2D eigenvalue weighted by Crippen LogP contribution is 2.28. The number of phenolic OH excluding ortho intramolecular Hbond substituents is 2. The summed E-state index contributed by atoms with van der Waals surface area (Å²) in [5.74, 6) is -0.574. The summed E-state index contributed by atoms with van der Waals surface area (Å²) in [7, 11) is 0. The van der Waals surface area contributed by atoms with E-state index in [9.17, 15) is 20.2 Å². The van der Waals surface area contributed by atoms with Crippen molar-refractivity contribution in [3.8, 4) is 11.5 Å². The molecule has 0 fully saturated rings. The van der Waals surface area contributed by atoms with Gasteiger partial charge in [-0.05, 0) is 31.5 Å². The number of para-hydroxylation sites is 1. The lowest BCUT2D eigenvalue weighted by Crippen LogP contribution is -1.91. The Morgan fingerprint density at radius 1 is 0.909 bits per heavy atom. The van der Waals surface area contributed by atoms with E-state index in [1.807, 2.05) is 0 Å². The molecular weight excluding hydrogens is 292 g/mol. The number of aryl methyl sites for hydroxylation is 2. The Labute approximate surface area is 125 Å². The van der Waals surface area contributed by atoms with Crippen LogP contribution < -0.4 is 0 Å². The highest BCUT2D eigenvalue weighted by molar-refractivity contribution is 5.50. The third-order valence-corrected chi connectivity index (χ3v) is 2.73. The minimum atomic E-state index is -0.609. The lowest BCUT2D eigenvalue weighted by atomic mass is 10.2. The zero-order valence-electron chi connectivity index (χ0n) is 11.9. The summed E-state index contributed by atoms with van der Waals surface area (Å²) >= 11 is 0. The number of aromatic hydroxyl groups is 2. The van der Waals surface area contributed by atoms with Gasteiger partial charge in [0.2, 0.25) is 0 Å². The molecule has 0 atom stereocenters. The largest absolute Gasteiger partial charge is 0.502 e. The molecule has 2 aromatic rings. The summed E-state index contributed by atoms with van der Waals surface area (Å²) in [5, 5.41) is 38.5. The van der Waals surface area contributed by atoms with Crippen LogP contribution in [0.5, 0.6) is 11.5 Å². The van der Waals surface area contributed by atoms with Crippen molar-refractivity contribution in [1.82, 2.24) is 0 Å². The van der Waals surface area contributed by atoms with E-state index in [1.54, 1.807) is 32.0 Å². The minimum Gasteiger partial charge on any atom is -0.502 e. The van der Waals surface area contributed by atoms with Gasteiger partial charge in [0.25, 0.3) is 0 Å². The molecule has 116 valence electrons. The van der Waals surface area contributed by atoms with E-state index in [4.69, 9.17) is 10.2 Å². The molecule has 2 aromatic carbocycles. The van der Waals surface area contributed by atoms with Crippen molar-refractivity contribution in [2.24, 2.45) is 0 Å². The summed E-state index contributed by atoms with van der Waals surface area (Å²) in [4.78, 5) is 19.3. The first-order valence-electron chi connectivity index (χ1n) is 6.11. The van der Waals surface area contributed by atoms with Crippen molar-refractivity contribution >= 4 is 11.4 Å². The van der Waals surface area contributed by atoms with Crippen LogP contribution in [0, 0.1) is 34.1 Å². The standard InChI is InChI=1S/2C7H7NO3/c1-5-2-3-7(9)6(4-5)8(10)11;1-5-3-2-4-6(9)7(5)8(10)11/h2*2-4,9H,1H3. The molecule has 8 heteroatoms. The van der Waals surface area contributed by atoms with Gasteiger partial charge in [0.1, 0.15) is 0 Å². The molecule has 0 radical (unpaired) electrons. The van der Waals surface area contributed by atoms with E-state index >= 15 is 0 Å². The molecule has 2 N–H and O–H groups in total. The molecule has 22 heavy (non-hydrogen) atoms. The number of nitro benzene ring substituents is 2. The number of phenols is 2. The van der Waals surface area contributed by atoms with Crippen LogP contribution in [0.25, 0.3) is 0 Å². The van der Waals surface area contributed by atoms with Gasteiger partial charge in [0.05, 0.1) is 9.85 Å². The maximum Gasteiger partial charge on any atom is 0.313 e. The number of nitro groups is 2. The van der Waals surface area contributed by atoms with Crippen LogP contribution in [-0.4, -0.2) is 20.1 Å². The first-order chi connectivity index (χ1) is 10.2. The van der Waals surface area contributed by atoms with Crippen LogP contribution in [0.15, 0.2) is 36.4 Å². The van der Waals surface area contributed by atoms with E-state index < -0.39 is 9.85 Å². The Balaban J connectivity index is 0.000000220. The molecule has 0 heterocycles. The van der Waals surface area contributed by atoms with Crippen molar-refractivity contribution in [1.29, 1.82) is 0 Å². The molecule has 0 aliphatic heterocycles. The molecule has 0 amide bonds. The van der Waals surface area contributed by atoms with Crippen molar-refractivity contribution in [3.05, 3.63) is 67.8 Å². The van der Waals surface area contributed by atoms with Crippen LogP contribution >= 0.6 is 0 Å². The Kier molecular flexibility index (Phi) is 5.39.